The Hall–Kier alpha value is -1.63. The molecule has 0 saturated heterocycles. The van der Waals surface area contributed by atoms with Gasteiger partial charge in [0.05, 0.1) is 19.3 Å². The van der Waals surface area contributed by atoms with Crippen LogP contribution in [0.15, 0.2) is 0 Å². The molecule has 2 rings (SSSR count). The lowest BCUT2D eigenvalue weighted by Crippen LogP contribution is -2.33. The van der Waals surface area contributed by atoms with Crippen molar-refractivity contribution in [1.82, 2.24) is 15.0 Å². The van der Waals surface area contributed by atoms with Gasteiger partial charge in [-0.25, -0.2) is 0 Å². The van der Waals surface area contributed by atoms with E-state index in [2.05, 4.69) is 25.6 Å². The molecule has 0 bridgehead atoms. The van der Waals surface area contributed by atoms with Crippen molar-refractivity contribution in [3.8, 4) is 6.01 Å². The maximum atomic E-state index is 10.1. The second-order valence-corrected chi connectivity index (χ2v) is 4.68. The first-order valence-corrected chi connectivity index (χ1v) is 6.65. The van der Waals surface area contributed by atoms with Crippen molar-refractivity contribution in [2.24, 2.45) is 0 Å². The molecule has 106 valence electrons. The lowest BCUT2D eigenvalue weighted by molar-refractivity contribution is 0.144. The van der Waals surface area contributed by atoms with Crippen LogP contribution >= 0.6 is 0 Å². The van der Waals surface area contributed by atoms with Crippen LogP contribution in [0, 0.1) is 0 Å². The molecule has 0 amide bonds. The molecule has 19 heavy (non-hydrogen) atoms. The second-order valence-electron chi connectivity index (χ2n) is 4.68. The van der Waals surface area contributed by atoms with Crippen LogP contribution in [0.4, 0.5) is 11.9 Å². The fourth-order valence-corrected chi connectivity index (χ4v) is 2.25. The molecular formula is C12H21N5O2. The van der Waals surface area contributed by atoms with Crippen molar-refractivity contribution in [3.05, 3.63) is 0 Å². The number of nitrogens with zero attached hydrogens (tertiary/aromatic N) is 3. The van der Waals surface area contributed by atoms with Crippen molar-refractivity contribution >= 4 is 11.9 Å². The maximum absolute atomic E-state index is 10.1. The van der Waals surface area contributed by atoms with Crippen molar-refractivity contribution in [2.75, 3.05) is 24.8 Å². The summed E-state index contributed by atoms with van der Waals surface area (Å²) in [4.78, 5) is 12.4. The topological polar surface area (TPSA) is 92.2 Å². The van der Waals surface area contributed by atoms with Gasteiger partial charge in [-0.1, -0.05) is 19.3 Å². The Balaban J connectivity index is 2.12. The SMILES string of the molecule is CNc1nc(NC2CCCCCC2O)nc(OC)n1. The molecule has 1 aromatic heterocycles. The van der Waals surface area contributed by atoms with Gasteiger partial charge in [-0.2, -0.15) is 15.0 Å². The van der Waals surface area contributed by atoms with Crippen LogP contribution in [-0.4, -0.2) is 46.4 Å². The minimum atomic E-state index is -0.358. The third-order valence-corrected chi connectivity index (χ3v) is 3.32. The Morgan fingerprint density at radius 2 is 1.84 bits per heavy atom. The van der Waals surface area contributed by atoms with Crippen LogP contribution in [0.2, 0.25) is 0 Å². The first-order chi connectivity index (χ1) is 9.22. The molecule has 1 aliphatic rings. The molecule has 0 spiro atoms. The van der Waals surface area contributed by atoms with Gasteiger partial charge in [0.15, 0.2) is 0 Å². The molecule has 0 radical (unpaired) electrons. The third kappa shape index (κ3) is 3.66. The average molecular weight is 267 g/mol. The predicted molar refractivity (Wildman–Crippen MR) is 72.4 cm³/mol. The van der Waals surface area contributed by atoms with Gasteiger partial charge in [0.2, 0.25) is 11.9 Å². The van der Waals surface area contributed by atoms with E-state index in [0.29, 0.717) is 11.9 Å². The highest BCUT2D eigenvalue weighted by Gasteiger charge is 2.22. The summed E-state index contributed by atoms with van der Waals surface area (Å²) in [6.45, 7) is 0. The summed E-state index contributed by atoms with van der Waals surface area (Å²) < 4.78 is 5.03. The number of methoxy groups -OCH3 is 1. The highest BCUT2D eigenvalue weighted by molar-refractivity contribution is 5.36. The molecule has 1 fully saturated rings. The van der Waals surface area contributed by atoms with E-state index >= 15 is 0 Å². The molecule has 1 saturated carbocycles. The number of aliphatic hydroxyl groups is 1. The quantitative estimate of drug-likeness (QED) is 0.701. The second kappa shape index (κ2) is 6.51. The standard InChI is InChI=1S/C12H21N5O2/c1-13-10-15-11(17-12(16-10)19-2)14-8-6-4-3-5-7-9(8)18/h8-9,18H,3-7H2,1-2H3,(H2,13,14,15,16,17). The van der Waals surface area contributed by atoms with Crippen LogP contribution in [0.3, 0.4) is 0 Å². The zero-order valence-corrected chi connectivity index (χ0v) is 11.4. The van der Waals surface area contributed by atoms with Crippen LogP contribution < -0.4 is 15.4 Å². The smallest absolute Gasteiger partial charge is 0.322 e. The van der Waals surface area contributed by atoms with Crippen LogP contribution in [0.1, 0.15) is 32.1 Å². The van der Waals surface area contributed by atoms with Gasteiger partial charge in [-0.15, -0.1) is 0 Å². The number of aromatic nitrogens is 3. The number of hydrogen-bond donors (Lipinski definition) is 3. The highest BCUT2D eigenvalue weighted by Crippen LogP contribution is 2.21. The number of anilines is 2. The van der Waals surface area contributed by atoms with Crippen LogP contribution in [0.5, 0.6) is 6.01 Å². The van der Waals surface area contributed by atoms with Gasteiger partial charge < -0.3 is 20.5 Å². The van der Waals surface area contributed by atoms with Gasteiger partial charge >= 0.3 is 6.01 Å². The molecule has 2 unspecified atom stereocenters. The van der Waals surface area contributed by atoms with Crippen molar-refractivity contribution in [3.63, 3.8) is 0 Å². The number of rotatable bonds is 4. The van der Waals surface area contributed by atoms with E-state index in [1.807, 2.05) is 0 Å². The number of ether oxygens (including phenoxy) is 1. The number of nitrogens with one attached hydrogen (secondary N) is 2. The molecule has 1 aliphatic carbocycles. The van der Waals surface area contributed by atoms with Gasteiger partial charge in [-0.3, -0.25) is 0 Å². The highest BCUT2D eigenvalue weighted by atomic mass is 16.5. The average Bonchev–Trinajstić information content (AvgIpc) is 2.63. The molecule has 2 atom stereocenters. The van der Waals surface area contributed by atoms with Gasteiger partial charge in [0.1, 0.15) is 0 Å². The van der Waals surface area contributed by atoms with E-state index in [4.69, 9.17) is 4.74 Å². The summed E-state index contributed by atoms with van der Waals surface area (Å²) in [5, 5.41) is 16.1. The summed E-state index contributed by atoms with van der Waals surface area (Å²) in [6.07, 6.45) is 4.72. The maximum Gasteiger partial charge on any atom is 0.322 e. The minimum absolute atomic E-state index is 0.0145. The summed E-state index contributed by atoms with van der Waals surface area (Å²) in [5.74, 6) is 0.875. The summed E-state index contributed by atoms with van der Waals surface area (Å²) in [5.41, 5.74) is 0. The van der Waals surface area contributed by atoms with E-state index in [-0.39, 0.29) is 18.2 Å². The minimum Gasteiger partial charge on any atom is -0.467 e. The summed E-state index contributed by atoms with van der Waals surface area (Å²) in [6, 6.07) is 0.240. The Morgan fingerprint density at radius 3 is 2.58 bits per heavy atom. The van der Waals surface area contributed by atoms with E-state index in [1.165, 1.54) is 7.11 Å². The predicted octanol–water partition coefficient (Wildman–Crippen LogP) is 1.03. The molecular weight excluding hydrogens is 246 g/mol. The molecule has 7 heteroatoms. The Bertz CT molecular complexity index is 393. The lowest BCUT2D eigenvalue weighted by atomic mass is 10.1. The van der Waals surface area contributed by atoms with Gasteiger partial charge in [0, 0.05) is 7.05 Å². The zero-order valence-electron chi connectivity index (χ0n) is 11.4. The molecule has 7 nitrogen and oxygen atoms in total. The fraction of sp³-hybridized carbons (Fsp3) is 0.750. The van der Waals surface area contributed by atoms with Gasteiger partial charge in [0.25, 0.3) is 0 Å². The van der Waals surface area contributed by atoms with Crippen molar-refractivity contribution in [2.45, 2.75) is 44.2 Å². The molecule has 1 aromatic rings. The Morgan fingerprint density at radius 1 is 1.11 bits per heavy atom. The lowest BCUT2D eigenvalue weighted by Gasteiger charge is -2.21. The molecule has 0 aliphatic heterocycles. The monoisotopic (exact) mass is 267 g/mol. The number of hydrogen-bond acceptors (Lipinski definition) is 7. The molecule has 3 N–H and O–H groups in total. The fourth-order valence-electron chi connectivity index (χ4n) is 2.25. The zero-order chi connectivity index (χ0) is 13.7. The van der Waals surface area contributed by atoms with Gasteiger partial charge in [-0.05, 0) is 12.8 Å². The Kier molecular flexibility index (Phi) is 4.73. The first kappa shape index (κ1) is 13.8. The summed E-state index contributed by atoms with van der Waals surface area (Å²) >= 11 is 0. The van der Waals surface area contributed by atoms with E-state index < -0.39 is 0 Å². The third-order valence-electron chi connectivity index (χ3n) is 3.32. The molecule has 1 heterocycles. The number of aliphatic hydroxyl groups excluding tert-OH is 1. The van der Waals surface area contributed by atoms with Crippen LogP contribution in [-0.2, 0) is 0 Å². The van der Waals surface area contributed by atoms with Crippen molar-refractivity contribution < 1.29 is 9.84 Å². The van der Waals surface area contributed by atoms with Crippen LogP contribution in [0.25, 0.3) is 0 Å². The Labute approximate surface area is 112 Å². The summed E-state index contributed by atoms with van der Waals surface area (Å²) in [7, 11) is 3.25. The van der Waals surface area contributed by atoms with E-state index in [1.54, 1.807) is 7.05 Å². The molecule has 0 aromatic carbocycles. The van der Waals surface area contributed by atoms with Crippen molar-refractivity contribution in [1.29, 1.82) is 0 Å². The normalized spacial score (nSPS) is 23.5. The largest absolute Gasteiger partial charge is 0.467 e. The first-order valence-electron chi connectivity index (χ1n) is 6.65. The van der Waals surface area contributed by atoms with E-state index in [9.17, 15) is 5.11 Å². The van der Waals surface area contributed by atoms with E-state index in [0.717, 1.165) is 32.1 Å².